The molecule has 0 fully saturated rings. The van der Waals surface area contributed by atoms with Crippen molar-refractivity contribution in [2.24, 2.45) is 0 Å². The predicted molar refractivity (Wildman–Crippen MR) is 72.6 cm³/mol. The average Bonchev–Trinajstić information content (AvgIpc) is 2.48. The van der Waals surface area contributed by atoms with Crippen LogP contribution in [0.3, 0.4) is 0 Å². The number of rotatable bonds is 5. The average molecular weight is 259 g/mol. The minimum Gasteiger partial charge on any atom is -0.493 e. The van der Waals surface area contributed by atoms with Crippen molar-refractivity contribution < 1.29 is 14.6 Å². The number of pyridine rings is 1. The largest absolute Gasteiger partial charge is 0.493 e. The van der Waals surface area contributed by atoms with E-state index in [1.165, 1.54) is 0 Å². The second-order valence-electron chi connectivity index (χ2n) is 4.10. The molecule has 0 radical (unpaired) electrons. The molecule has 100 valence electrons. The lowest BCUT2D eigenvalue weighted by atomic mass is 10.2. The third-order valence-corrected chi connectivity index (χ3v) is 2.78. The molecule has 0 saturated heterocycles. The van der Waals surface area contributed by atoms with Crippen LogP contribution in [0.2, 0.25) is 0 Å². The number of aliphatic hydroxyl groups excluding tert-OH is 1. The van der Waals surface area contributed by atoms with Gasteiger partial charge in [-0.25, -0.2) is 0 Å². The highest BCUT2D eigenvalue weighted by Gasteiger charge is 2.08. The van der Waals surface area contributed by atoms with E-state index < -0.39 is 6.10 Å². The molecule has 4 heteroatoms. The van der Waals surface area contributed by atoms with E-state index in [4.69, 9.17) is 9.47 Å². The first kappa shape index (κ1) is 13.4. The fourth-order valence-corrected chi connectivity index (χ4v) is 1.69. The Kier molecular flexibility index (Phi) is 4.36. The Hall–Kier alpha value is -2.07. The van der Waals surface area contributed by atoms with Gasteiger partial charge < -0.3 is 14.6 Å². The number of hydrogen-bond donors (Lipinski definition) is 1. The van der Waals surface area contributed by atoms with E-state index in [1.807, 2.05) is 31.2 Å². The van der Waals surface area contributed by atoms with E-state index in [9.17, 15) is 5.11 Å². The monoisotopic (exact) mass is 259 g/mol. The van der Waals surface area contributed by atoms with E-state index >= 15 is 0 Å². The summed E-state index contributed by atoms with van der Waals surface area (Å²) in [4.78, 5) is 4.19. The van der Waals surface area contributed by atoms with Gasteiger partial charge in [-0.15, -0.1) is 0 Å². The van der Waals surface area contributed by atoms with Crippen LogP contribution in [0.4, 0.5) is 0 Å². The highest BCUT2D eigenvalue weighted by Crippen LogP contribution is 2.30. The smallest absolute Gasteiger partial charge is 0.169 e. The van der Waals surface area contributed by atoms with Gasteiger partial charge in [-0.3, -0.25) is 4.98 Å². The molecule has 1 N–H and O–H groups in total. The normalized spacial score (nSPS) is 11.9. The van der Waals surface area contributed by atoms with Crippen LogP contribution in [0.1, 0.15) is 25.1 Å². The van der Waals surface area contributed by atoms with Crippen LogP contribution in [0.5, 0.6) is 17.2 Å². The fraction of sp³-hybridized carbons (Fsp3) is 0.267. The van der Waals surface area contributed by atoms with E-state index in [0.29, 0.717) is 29.4 Å². The molecule has 1 aromatic heterocycles. The zero-order chi connectivity index (χ0) is 13.7. The van der Waals surface area contributed by atoms with Crippen LogP contribution in [0, 0.1) is 0 Å². The summed E-state index contributed by atoms with van der Waals surface area (Å²) in [5, 5.41) is 9.67. The lowest BCUT2D eigenvalue weighted by molar-refractivity contribution is 0.169. The molecule has 0 amide bonds. The molecular weight excluding hydrogens is 242 g/mol. The Balaban J connectivity index is 2.15. The van der Waals surface area contributed by atoms with Gasteiger partial charge in [0.15, 0.2) is 11.5 Å². The topological polar surface area (TPSA) is 51.6 Å². The number of para-hydroxylation sites is 2. The van der Waals surface area contributed by atoms with Crippen LogP contribution in [0.25, 0.3) is 0 Å². The van der Waals surface area contributed by atoms with E-state index in [-0.39, 0.29) is 0 Å². The molecule has 19 heavy (non-hydrogen) atoms. The maximum atomic E-state index is 9.67. The quantitative estimate of drug-likeness (QED) is 0.894. The Morgan fingerprint density at radius 2 is 1.89 bits per heavy atom. The van der Waals surface area contributed by atoms with Gasteiger partial charge in [0.25, 0.3) is 0 Å². The third-order valence-electron chi connectivity index (χ3n) is 2.78. The highest BCUT2D eigenvalue weighted by atomic mass is 16.5. The minimum absolute atomic E-state index is 0.527. The molecule has 0 bridgehead atoms. The Bertz CT molecular complexity index is 525. The van der Waals surface area contributed by atoms with Crippen LogP contribution < -0.4 is 9.47 Å². The SMILES string of the molecule is CC[C@@H](O)c1ccc(Oc2ccccc2OC)cn1. The summed E-state index contributed by atoms with van der Waals surface area (Å²) in [6, 6.07) is 11.0. The molecule has 1 atom stereocenters. The molecule has 1 aromatic carbocycles. The highest BCUT2D eigenvalue weighted by molar-refractivity contribution is 5.42. The van der Waals surface area contributed by atoms with Crippen molar-refractivity contribution in [3.8, 4) is 17.2 Å². The molecule has 0 aliphatic heterocycles. The first-order valence-corrected chi connectivity index (χ1v) is 6.19. The predicted octanol–water partition coefficient (Wildman–Crippen LogP) is 3.33. The fourth-order valence-electron chi connectivity index (χ4n) is 1.69. The lowest BCUT2D eigenvalue weighted by Gasteiger charge is -2.11. The Labute approximate surface area is 112 Å². The third kappa shape index (κ3) is 3.23. The molecule has 0 spiro atoms. The summed E-state index contributed by atoms with van der Waals surface area (Å²) in [7, 11) is 1.60. The first-order valence-electron chi connectivity index (χ1n) is 6.19. The number of ether oxygens (including phenoxy) is 2. The molecule has 4 nitrogen and oxygen atoms in total. The summed E-state index contributed by atoms with van der Waals surface area (Å²) in [5.41, 5.74) is 0.648. The van der Waals surface area contributed by atoms with Crippen molar-refractivity contribution in [3.63, 3.8) is 0 Å². The lowest BCUT2D eigenvalue weighted by Crippen LogP contribution is -1.98. The van der Waals surface area contributed by atoms with E-state index in [2.05, 4.69) is 4.98 Å². The Morgan fingerprint density at radius 3 is 2.47 bits per heavy atom. The van der Waals surface area contributed by atoms with Gasteiger partial charge in [0.2, 0.25) is 0 Å². The zero-order valence-electron chi connectivity index (χ0n) is 11.0. The minimum atomic E-state index is -0.527. The van der Waals surface area contributed by atoms with E-state index in [0.717, 1.165) is 0 Å². The van der Waals surface area contributed by atoms with Crippen LogP contribution in [-0.4, -0.2) is 17.2 Å². The van der Waals surface area contributed by atoms with E-state index in [1.54, 1.807) is 25.4 Å². The number of aromatic nitrogens is 1. The van der Waals surface area contributed by atoms with Crippen molar-refractivity contribution in [1.29, 1.82) is 0 Å². The summed E-state index contributed by atoms with van der Waals surface area (Å²) >= 11 is 0. The number of nitrogens with zero attached hydrogens (tertiary/aromatic N) is 1. The molecule has 2 rings (SSSR count). The Morgan fingerprint density at radius 1 is 1.16 bits per heavy atom. The van der Waals surface area contributed by atoms with Crippen molar-refractivity contribution in [1.82, 2.24) is 4.98 Å². The molecule has 0 aliphatic rings. The van der Waals surface area contributed by atoms with Crippen molar-refractivity contribution in [2.45, 2.75) is 19.4 Å². The van der Waals surface area contributed by atoms with Crippen molar-refractivity contribution in [3.05, 3.63) is 48.3 Å². The van der Waals surface area contributed by atoms with Gasteiger partial charge >= 0.3 is 0 Å². The molecule has 0 aliphatic carbocycles. The maximum Gasteiger partial charge on any atom is 0.169 e. The summed E-state index contributed by atoms with van der Waals surface area (Å²) < 4.78 is 10.9. The number of benzene rings is 1. The van der Waals surface area contributed by atoms with Gasteiger partial charge in [0, 0.05) is 0 Å². The summed E-state index contributed by atoms with van der Waals surface area (Å²) in [6.07, 6.45) is 1.71. The molecule has 2 aromatic rings. The summed E-state index contributed by atoms with van der Waals surface area (Å²) in [6.45, 7) is 1.91. The first-order chi connectivity index (χ1) is 9.24. The van der Waals surface area contributed by atoms with Crippen molar-refractivity contribution in [2.75, 3.05) is 7.11 Å². The van der Waals surface area contributed by atoms with Crippen LogP contribution in [0.15, 0.2) is 42.6 Å². The van der Waals surface area contributed by atoms with Gasteiger partial charge in [-0.1, -0.05) is 19.1 Å². The second kappa shape index (κ2) is 6.20. The zero-order valence-corrected chi connectivity index (χ0v) is 11.0. The molecule has 1 heterocycles. The standard InChI is InChI=1S/C15H17NO3/c1-3-13(17)12-9-8-11(10-16-12)19-15-7-5-4-6-14(15)18-2/h4-10,13,17H,3H2,1-2H3/t13-/m1/s1. The second-order valence-corrected chi connectivity index (χ2v) is 4.10. The number of aliphatic hydroxyl groups is 1. The van der Waals surface area contributed by atoms with Gasteiger partial charge in [-0.05, 0) is 30.7 Å². The van der Waals surface area contributed by atoms with Crippen LogP contribution in [-0.2, 0) is 0 Å². The number of hydrogen-bond acceptors (Lipinski definition) is 4. The van der Waals surface area contributed by atoms with Gasteiger partial charge in [-0.2, -0.15) is 0 Å². The van der Waals surface area contributed by atoms with Gasteiger partial charge in [0.05, 0.1) is 25.1 Å². The molecule has 0 saturated carbocycles. The van der Waals surface area contributed by atoms with Crippen molar-refractivity contribution >= 4 is 0 Å². The van der Waals surface area contributed by atoms with Gasteiger partial charge in [0.1, 0.15) is 5.75 Å². The molecule has 0 unspecified atom stereocenters. The maximum absolute atomic E-state index is 9.67. The summed E-state index contributed by atoms with van der Waals surface area (Å²) in [5.74, 6) is 1.91. The number of methoxy groups -OCH3 is 1. The molecular formula is C15H17NO3. The van der Waals surface area contributed by atoms with Crippen LogP contribution >= 0.6 is 0 Å².